The third-order valence-electron chi connectivity index (χ3n) is 4.89. The number of fused-ring (bicyclic) bond motifs is 2. The summed E-state index contributed by atoms with van der Waals surface area (Å²) in [4.78, 5) is 11.8. The van der Waals surface area contributed by atoms with Gasteiger partial charge in [-0.3, -0.25) is 4.79 Å². The van der Waals surface area contributed by atoms with Gasteiger partial charge in [-0.2, -0.15) is 13.2 Å². The zero-order chi connectivity index (χ0) is 11.6. The molecule has 0 amide bonds. The average Bonchev–Trinajstić information content (AvgIpc) is 2.33. The summed E-state index contributed by atoms with van der Waals surface area (Å²) in [6, 6.07) is 0. The fourth-order valence-electron chi connectivity index (χ4n) is 3.46. The number of ketones is 1. The molecule has 1 unspecified atom stereocenters. The lowest BCUT2D eigenvalue weighted by atomic mass is 9.70. The van der Waals surface area contributed by atoms with E-state index in [9.17, 15) is 18.0 Å². The van der Waals surface area contributed by atoms with Crippen LogP contribution < -0.4 is 0 Å². The maximum atomic E-state index is 12.8. The van der Waals surface area contributed by atoms with E-state index in [4.69, 9.17) is 0 Å². The molecule has 15 heavy (non-hydrogen) atoms. The van der Waals surface area contributed by atoms with Gasteiger partial charge in [-0.15, -0.1) is 0 Å². The first-order valence-electron chi connectivity index (χ1n) is 5.23. The van der Waals surface area contributed by atoms with Crippen molar-refractivity contribution in [1.82, 2.24) is 0 Å². The Balaban J connectivity index is 2.48. The molecule has 4 heteroatoms. The van der Waals surface area contributed by atoms with E-state index < -0.39 is 34.6 Å². The van der Waals surface area contributed by atoms with Crippen LogP contribution in [0.1, 0.15) is 33.6 Å². The molecule has 2 aliphatic rings. The van der Waals surface area contributed by atoms with Gasteiger partial charge in [0.1, 0.15) is 5.92 Å². The van der Waals surface area contributed by atoms with E-state index in [1.54, 1.807) is 20.8 Å². The number of hydrogen-bond acceptors (Lipinski definition) is 1. The molecule has 0 aromatic carbocycles. The minimum absolute atomic E-state index is 0.510. The Morgan fingerprint density at radius 1 is 1.27 bits per heavy atom. The van der Waals surface area contributed by atoms with Crippen LogP contribution in [0.25, 0.3) is 0 Å². The highest BCUT2D eigenvalue weighted by Crippen LogP contribution is 2.68. The Labute approximate surface area is 87.0 Å². The molecule has 0 spiro atoms. The summed E-state index contributed by atoms with van der Waals surface area (Å²) < 4.78 is 38.3. The van der Waals surface area contributed by atoms with Gasteiger partial charge in [0.15, 0.2) is 5.78 Å². The summed E-state index contributed by atoms with van der Waals surface area (Å²) >= 11 is 0. The minimum atomic E-state index is -4.36. The van der Waals surface area contributed by atoms with Crippen molar-refractivity contribution in [1.29, 1.82) is 0 Å². The van der Waals surface area contributed by atoms with Gasteiger partial charge in [0.25, 0.3) is 0 Å². The van der Waals surface area contributed by atoms with Crippen LogP contribution in [-0.2, 0) is 4.79 Å². The van der Waals surface area contributed by atoms with Gasteiger partial charge < -0.3 is 0 Å². The molecule has 0 N–H and O–H groups in total. The average molecular weight is 220 g/mol. The van der Waals surface area contributed by atoms with Crippen LogP contribution >= 0.6 is 0 Å². The van der Waals surface area contributed by atoms with Gasteiger partial charge in [0, 0.05) is 5.41 Å². The summed E-state index contributed by atoms with van der Waals surface area (Å²) in [5, 5.41) is 0. The maximum Gasteiger partial charge on any atom is 0.398 e. The van der Waals surface area contributed by atoms with Gasteiger partial charge in [0.2, 0.25) is 0 Å². The molecule has 2 rings (SSSR count). The van der Waals surface area contributed by atoms with Gasteiger partial charge in [0.05, 0.1) is 0 Å². The smallest absolute Gasteiger partial charge is 0.298 e. The van der Waals surface area contributed by atoms with E-state index in [2.05, 4.69) is 0 Å². The molecule has 2 fully saturated rings. The standard InChI is InChI=1S/C11H15F3O/c1-9(2)6-4-5-10(9,3)8(15)7(6)11(12,13)14/h6-7H,4-5H2,1-3H3/t6-,7?,10+/m1/s1. The molecule has 0 aromatic rings. The minimum Gasteiger partial charge on any atom is -0.298 e. The van der Waals surface area contributed by atoms with E-state index in [-0.39, 0.29) is 0 Å². The second-order valence-electron chi connectivity index (χ2n) is 5.58. The Bertz CT molecular complexity index is 318. The first-order valence-corrected chi connectivity index (χ1v) is 5.23. The van der Waals surface area contributed by atoms with Crippen LogP contribution in [0.3, 0.4) is 0 Å². The second kappa shape index (κ2) is 2.58. The van der Waals surface area contributed by atoms with E-state index >= 15 is 0 Å². The summed E-state index contributed by atoms with van der Waals surface area (Å²) in [6.45, 7) is 5.30. The third-order valence-corrected chi connectivity index (χ3v) is 4.89. The van der Waals surface area contributed by atoms with Crippen LogP contribution in [0.15, 0.2) is 0 Å². The Kier molecular flexibility index (Phi) is 1.89. The summed E-state index contributed by atoms with van der Waals surface area (Å²) in [6.07, 6.45) is -3.23. The van der Waals surface area contributed by atoms with Crippen molar-refractivity contribution in [3.63, 3.8) is 0 Å². The zero-order valence-corrected chi connectivity index (χ0v) is 9.11. The fraction of sp³-hybridized carbons (Fsp3) is 0.909. The van der Waals surface area contributed by atoms with Crippen LogP contribution in [0.5, 0.6) is 0 Å². The Hall–Kier alpha value is -0.540. The number of alkyl halides is 3. The lowest BCUT2D eigenvalue weighted by Gasteiger charge is -2.32. The number of rotatable bonds is 0. The van der Waals surface area contributed by atoms with Crippen molar-refractivity contribution in [2.24, 2.45) is 22.7 Å². The molecule has 1 nitrogen and oxygen atoms in total. The largest absolute Gasteiger partial charge is 0.398 e. The number of Topliss-reactive ketones (excluding diaryl/α,β-unsaturated/α-hetero) is 1. The van der Waals surface area contributed by atoms with Crippen molar-refractivity contribution in [2.75, 3.05) is 0 Å². The van der Waals surface area contributed by atoms with E-state index in [0.29, 0.717) is 12.8 Å². The molecule has 2 bridgehead atoms. The molecular weight excluding hydrogens is 205 g/mol. The van der Waals surface area contributed by atoms with Gasteiger partial charge in [-0.1, -0.05) is 20.8 Å². The molecule has 0 aliphatic heterocycles. The highest BCUT2D eigenvalue weighted by molar-refractivity contribution is 5.92. The topological polar surface area (TPSA) is 17.1 Å². The normalized spacial score (nSPS) is 43.7. The van der Waals surface area contributed by atoms with Crippen LogP contribution in [-0.4, -0.2) is 12.0 Å². The summed E-state index contributed by atoms with van der Waals surface area (Å²) in [7, 11) is 0. The van der Waals surface area contributed by atoms with Gasteiger partial charge in [-0.25, -0.2) is 0 Å². The van der Waals surface area contributed by atoms with Crippen molar-refractivity contribution < 1.29 is 18.0 Å². The Morgan fingerprint density at radius 2 is 1.80 bits per heavy atom. The van der Waals surface area contributed by atoms with Crippen LogP contribution in [0, 0.1) is 22.7 Å². The molecular formula is C11H15F3O. The molecule has 2 saturated carbocycles. The van der Waals surface area contributed by atoms with Crippen molar-refractivity contribution >= 4 is 5.78 Å². The highest BCUT2D eigenvalue weighted by Gasteiger charge is 2.71. The predicted molar refractivity (Wildman–Crippen MR) is 49.2 cm³/mol. The van der Waals surface area contributed by atoms with Gasteiger partial charge >= 0.3 is 6.18 Å². The van der Waals surface area contributed by atoms with Crippen LogP contribution in [0.4, 0.5) is 13.2 Å². The predicted octanol–water partition coefficient (Wildman–Crippen LogP) is 3.19. The SMILES string of the molecule is CC1(C)[C@@H]2CC[C@@]1(C)C(=O)C2C(F)(F)F. The molecule has 3 atom stereocenters. The highest BCUT2D eigenvalue weighted by atomic mass is 19.4. The molecule has 0 radical (unpaired) electrons. The fourth-order valence-corrected chi connectivity index (χ4v) is 3.46. The van der Waals surface area contributed by atoms with Crippen LogP contribution in [0.2, 0.25) is 0 Å². The molecule has 0 saturated heterocycles. The quantitative estimate of drug-likeness (QED) is 0.612. The first kappa shape index (κ1) is 11.0. The number of hydrogen-bond donors (Lipinski definition) is 0. The van der Waals surface area contributed by atoms with E-state index in [0.717, 1.165) is 0 Å². The maximum absolute atomic E-state index is 12.8. The lowest BCUT2D eigenvalue weighted by molar-refractivity contribution is -0.192. The summed E-state index contributed by atoms with van der Waals surface area (Å²) in [5.41, 5.74) is -1.28. The first-order chi connectivity index (χ1) is 6.62. The molecule has 0 heterocycles. The van der Waals surface area contributed by atoms with Crippen molar-refractivity contribution in [3.05, 3.63) is 0 Å². The van der Waals surface area contributed by atoms with Crippen molar-refractivity contribution in [3.8, 4) is 0 Å². The number of carbonyl (C=O) groups excluding carboxylic acids is 1. The van der Waals surface area contributed by atoms with E-state index in [1.165, 1.54) is 0 Å². The molecule has 0 aromatic heterocycles. The van der Waals surface area contributed by atoms with Gasteiger partial charge in [-0.05, 0) is 24.2 Å². The van der Waals surface area contributed by atoms with E-state index in [1.807, 2.05) is 0 Å². The molecule has 86 valence electrons. The zero-order valence-electron chi connectivity index (χ0n) is 9.11. The van der Waals surface area contributed by atoms with Crippen molar-refractivity contribution in [2.45, 2.75) is 39.8 Å². The Morgan fingerprint density at radius 3 is 2.07 bits per heavy atom. The number of carbonyl (C=O) groups is 1. The summed E-state index contributed by atoms with van der Waals surface area (Å²) in [5.74, 6) is -2.82. The third kappa shape index (κ3) is 1.08. The second-order valence-corrected chi connectivity index (χ2v) is 5.58. The molecule has 2 aliphatic carbocycles. The number of halogens is 3. The monoisotopic (exact) mass is 220 g/mol. The lowest BCUT2D eigenvalue weighted by Crippen LogP contribution is -2.38.